The molecule has 24 heavy (non-hydrogen) atoms. The molecule has 1 N–H and O–H groups in total. The first-order valence-electron chi connectivity index (χ1n) is 7.91. The maximum Gasteiger partial charge on any atom is 0.258 e. The number of anilines is 1. The van der Waals surface area contributed by atoms with Crippen molar-refractivity contribution in [2.24, 2.45) is 0 Å². The number of nitrogens with one attached hydrogen (secondary N) is 1. The van der Waals surface area contributed by atoms with Gasteiger partial charge in [-0.2, -0.15) is 0 Å². The third-order valence-electron chi connectivity index (χ3n) is 4.03. The van der Waals surface area contributed by atoms with Crippen LogP contribution in [0.2, 0.25) is 0 Å². The van der Waals surface area contributed by atoms with Gasteiger partial charge in [0.2, 0.25) is 5.88 Å². The monoisotopic (exact) mass is 320 g/mol. The molecule has 1 heterocycles. The number of aryl methyl sites for hydroxylation is 1. The molecule has 0 unspecified atom stereocenters. The number of carbonyl (C=O) groups excluding carboxylic acids is 1. The fourth-order valence-corrected chi connectivity index (χ4v) is 2.80. The first kappa shape index (κ1) is 14.5. The number of amides is 1. The molecule has 0 bridgehead atoms. The summed E-state index contributed by atoms with van der Waals surface area (Å²) < 4.78 is 10.9. The number of hydrogen-bond acceptors (Lipinski definition) is 4. The maximum absolute atomic E-state index is 12.3. The van der Waals surface area contributed by atoms with E-state index < -0.39 is 0 Å². The van der Waals surface area contributed by atoms with Gasteiger partial charge in [-0.3, -0.25) is 10.1 Å². The molecule has 1 aliphatic carbocycles. The van der Waals surface area contributed by atoms with Crippen molar-refractivity contribution in [3.05, 3.63) is 71.4 Å². The van der Waals surface area contributed by atoms with E-state index in [1.165, 1.54) is 0 Å². The van der Waals surface area contributed by atoms with Gasteiger partial charge in [0.25, 0.3) is 5.91 Å². The summed E-state index contributed by atoms with van der Waals surface area (Å²) in [5.74, 6) is 1.69. The Morgan fingerprint density at radius 1 is 1.00 bits per heavy atom. The van der Waals surface area contributed by atoms with Crippen LogP contribution in [0.15, 0.2) is 59.1 Å². The van der Waals surface area contributed by atoms with Crippen molar-refractivity contribution in [1.29, 1.82) is 0 Å². The molecule has 1 aromatic heterocycles. The number of aromatic nitrogens is 1. The Balaban J connectivity index is 1.45. The Morgan fingerprint density at radius 2 is 1.75 bits per heavy atom. The number of ether oxygens (including phenoxy) is 1. The van der Waals surface area contributed by atoms with Crippen molar-refractivity contribution < 1.29 is 14.1 Å². The third-order valence-corrected chi connectivity index (χ3v) is 4.03. The summed E-state index contributed by atoms with van der Waals surface area (Å²) in [6.45, 7) is 0. The molecule has 0 fully saturated rings. The van der Waals surface area contributed by atoms with Gasteiger partial charge in [0.05, 0.1) is 5.69 Å². The molecular weight excluding hydrogens is 304 g/mol. The first-order valence-corrected chi connectivity index (χ1v) is 7.91. The molecule has 120 valence electrons. The number of para-hydroxylation sites is 1. The van der Waals surface area contributed by atoms with E-state index in [-0.39, 0.29) is 5.91 Å². The summed E-state index contributed by atoms with van der Waals surface area (Å²) in [6, 6.07) is 16.5. The van der Waals surface area contributed by atoms with Gasteiger partial charge >= 0.3 is 0 Å². The van der Waals surface area contributed by atoms with Crippen LogP contribution in [0.1, 0.15) is 28.0 Å². The minimum absolute atomic E-state index is 0.216. The summed E-state index contributed by atoms with van der Waals surface area (Å²) >= 11 is 0. The number of benzene rings is 2. The molecule has 5 heteroatoms. The molecule has 0 radical (unpaired) electrons. The van der Waals surface area contributed by atoms with E-state index in [2.05, 4.69) is 10.5 Å². The summed E-state index contributed by atoms with van der Waals surface area (Å²) in [6.07, 6.45) is 2.88. The average Bonchev–Trinajstić information content (AvgIpc) is 3.22. The molecule has 5 nitrogen and oxygen atoms in total. The zero-order valence-corrected chi connectivity index (χ0v) is 13.0. The molecule has 0 saturated heterocycles. The lowest BCUT2D eigenvalue weighted by atomic mass is 10.2. The second-order valence-electron chi connectivity index (χ2n) is 5.68. The fourth-order valence-electron chi connectivity index (χ4n) is 2.80. The van der Waals surface area contributed by atoms with Gasteiger partial charge in [0.15, 0.2) is 0 Å². The van der Waals surface area contributed by atoms with E-state index in [1.807, 2.05) is 30.3 Å². The van der Waals surface area contributed by atoms with Crippen LogP contribution in [0.3, 0.4) is 0 Å². The highest BCUT2D eigenvalue weighted by molar-refractivity contribution is 6.04. The second kappa shape index (κ2) is 6.20. The standard InChI is InChI=1S/C19H16N2O3/c22-18(20-19-16-7-4-8-17(16)21-24-19)13-9-11-15(12-10-13)23-14-5-2-1-3-6-14/h1-3,5-6,9-12H,4,7-8H2,(H,20,22). The van der Waals surface area contributed by atoms with Gasteiger partial charge in [-0.1, -0.05) is 23.4 Å². The minimum atomic E-state index is -0.216. The van der Waals surface area contributed by atoms with Gasteiger partial charge in [0, 0.05) is 11.1 Å². The van der Waals surface area contributed by atoms with Crippen LogP contribution in [-0.4, -0.2) is 11.1 Å². The van der Waals surface area contributed by atoms with Crippen LogP contribution < -0.4 is 10.1 Å². The molecule has 0 aliphatic heterocycles. The highest BCUT2D eigenvalue weighted by Gasteiger charge is 2.22. The van der Waals surface area contributed by atoms with Crippen LogP contribution in [0, 0.1) is 0 Å². The largest absolute Gasteiger partial charge is 0.457 e. The molecule has 1 amide bonds. The zero-order chi connectivity index (χ0) is 16.4. The Kier molecular flexibility index (Phi) is 3.75. The van der Waals surface area contributed by atoms with Crippen molar-refractivity contribution in [2.75, 3.05) is 5.32 Å². The van der Waals surface area contributed by atoms with E-state index in [1.54, 1.807) is 24.3 Å². The molecule has 3 aromatic rings. The predicted molar refractivity (Wildman–Crippen MR) is 89.4 cm³/mol. The highest BCUT2D eigenvalue weighted by Crippen LogP contribution is 2.29. The Bertz CT molecular complexity index is 854. The third kappa shape index (κ3) is 2.88. The fraction of sp³-hybridized carbons (Fsp3) is 0.158. The Morgan fingerprint density at radius 3 is 2.54 bits per heavy atom. The minimum Gasteiger partial charge on any atom is -0.457 e. The maximum atomic E-state index is 12.3. The summed E-state index contributed by atoms with van der Waals surface area (Å²) in [7, 11) is 0. The topological polar surface area (TPSA) is 64.4 Å². The Labute approximate surface area is 139 Å². The van der Waals surface area contributed by atoms with Crippen LogP contribution >= 0.6 is 0 Å². The summed E-state index contributed by atoms with van der Waals surface area (Å²) in [5.41, 5.74) is 2.52. The summed E-state index contributed by atoms with van der Waals surface area (Å²) in [4.78, 5) is 12.3. The number of nitrogens with zero attached hydrogens (tertiary/aromatic N) is 1. The molecule has 0 saturated carbocycles. The smallest absolute Gasteiger partial charge is 0.258 e. The average molecular weight is 320 g/mol. The lowest BCUT2D eigenvalue weighted by Gasteiger charge is -2.07. The second-order valence-corrected chi connectivity index (χ2v) is 5.68. The highest BCUT2D eigenvalue weighted by atomic mass is 16.5. The van der Waals surface area contributed by atoms with E-state index in [4.69, 9.17) is 9.26 Å². The molecule has 2 aromatic carbocycles. The lowest BCUT2D eigenvalue weighted by Crippen LogP contribution is -2.12. The van der Waals surface area contributed by atoms with Crippen molar-refractivity contribution in [3.63, 3.8) is 0 Å². The van der Waals surface area contributed by atoms with Crippen molar-refractivity contribution in [2.45, 2.75) is 19.3 Å². The quantitative estimate of drug-likeness (QED) is 0.782. The SMILES string of the molecule is O=C(Nc1onc2c1CCC2)c1ccc(Oc2ccccc2)cc1. The molecule has 0 spiro atoms. The molecule has 4 rings (SSSR count). The number of hydrogen-bond donors (Lipinski definition) is 1. The van der Waals surface area contributed by atoms with Gasteiger partial charge in [-0.05, 0) is 55.7 Å². The first-order chi connectivity index (χ1) is 11.8. The van der Waals surface area contributed by atoms with Crippen LogP contribution in [0.25, 0.3) is 0 Å². The number of rotatable bonds is 4. The summed E-state index contributed by atoms with van der Waals surface area (Å²) in [5, 5.41) is 6.79. The number of fused-ring (bicyclic) bond motifs is 1. The van der Waals surface area contributed by atoms with E-state index in [0.29, 0.717) is 17.2 Å². The molecular formula is C19H16N2O3. The van der Waals surface area contributed by atoms with Gasteiger partial charge in [0.1, 0.15) is 11.5 Å². The van der Waals surface area contributed by atoms with Gasteiger partial charge < -0.3 is 9.26 Å². The van der Waals surface area contributed by atoms with Crippen LogP contribution in [0.5, 0.6) is 11.5 Å². The lowest BCUT2D eigenvalue weighted by molar-refractivity contribution is 0.102. The van der Waals surface area contributed by atoms with Crippen molar-refractivity contribution in [1.82, 2.24) is 5.16 Å². The molecule has 0 atom stereocenters. The predicted octanol–water partition coefficient (Wildman–Crippen LogP) is 4.21. The van der Waals surface area contributed by atoms with E-state index in [9.17, 15) is 4.79 Å². The Hall–Kier alpha value is -3.08. The van der Waals surface area contributed by atoms with Gasteiger partial charge in [-0.25, -0.2) is 0 Å². The van der Waals surface area contributed by atoms with Crippen LogP contribution in [-0.2, 0) is 12.8 Å². The number of carbonyl (C=O) groups is 1. The normalized spacial score (nSPS) is 12.7. The van der Waals surface area contributed by atoms with Crippen molar-refractivity contribution in [3.8, 4) is 11.5 Å². The van der Waals surface area contributed by atoms with E-state index >= 15 is 0 Å². The van der Waals surface area contributed by atoms with E-state index in [0.717, 1.165) is 36.3 Å². The molecule has 1 aliphatic rings. The van der Waals surface area contributed by atoms with Crippen molar-refractivity contribution >= 4 is 11.8 Å². The van der Waals surface area contributed by atoms with Crippen LogP contribution in [0.4, 0.5) is 5.88 Å². The zero-order valence-electron chi connectivity index (χ0n) is 13.0. The van der Waals surface area contributed by atoms with Gasteiger partial charge in [-0.15, -0.1) is 0 Å².